The van der Waals surface area contributed by atoms with Crippen LogP contribution in [0.1, 0.15) is 61.1 Å². The summed E-state index contributed by atoms with van der Waals surface area (Å²) in [4.78, 5) is 29.5. The number of esters is 1. The van der Waals surface area contributed by atoms with Crippen molar-refractivity contribution in [2.75, 3.05) is 18.9 Å². The normalized spacial score (nSPS) is 25.4. The van der Waals surface area contributed by atoms with E-state index < -0.39 is 52.3 Å². The topological polar surface area (TPSA) is 135 Å². The fourth-order valence-electron chi connectivity index (χ4n) is 3.61. The van der Waals surface area contributed by atoms with E-state index in [2.05, 4.69) is 59.6 Å². The lowest BCUT2D eigenvalue weighted by Gasteiger charge is -2.43. The maximum absolute atomic E-state index is 12.9. The van der Waals surface area contributed by atoms with Crippen LogP contribution in [-0.4, -0.2) is 68.3 Å². The number of carbonyl (C=O) groups is 1. The Morgan fingerprint density at radius 1 is 1.16 bits per heavy atom. The third kappa shape index (κ3) is 6.90. The van der Waals surface area contributed by atoms with Gasteiger partial charge in [0, 0.05) is 6.20 Å². The molecule has 1 aliphatic heterocycles. The van der Waals surface area contributed by atoms with Crippen molar-refractivity contribution in [3.63, 3.8) is 0 Å². The first-order valence-electron chi connectivity index (χ1n) is 12.9. The minimum absolute atomic E-state index is 0.0252. The molecule has 0 unspecified atom stereocenters. The molecular weight excluding hydrogens is 510 g/mol. The van der Waals surface area contributed by atoms with Crippen molar-refractivity contribution in [2.45, 2.75) is 115 Å². The summed E-state index contributed by atoms with van der Waals surface area (Å²) in [6.45, 7) is 22.7. The largest absolute Gasteiger partial charge is 0.466 e. The molecule has 0 aromatic carbocycles. The summed E-state index contributed by atoms with van der Waals surface area (Å²) in [6.07, 6.45) is -1.98. The quantitative estimate of drug-likeness (QED) is 0.343. The lowest BCUT2D eigenvalue weighted by molar-refractivity contribution is -0.156. The van der Waals surface area contributed by atoms with Crippen molar-refractivity contribution < 1.29 is 28.2 Å². The van der Waals surface area contributed by atoms with Gasteiger partial charge in [-0.25, -0.2) is 4.79 Å². The summed E-state index contributed by atoms with van der Waals surface area (Å²) in [5.74, 6) is -0.515. The zero-order chi connectivity index (χ0) is 28.6. The van der Waals surface area contributed by atoms with Crippen LogP contribution in [0.25, 0.3) is 0 Å². The number of hydrogen-bond acceptors (Lipinski definition) is 9. The van der Waals surface area contributed by atoms with Gasteiger partial charge in [-0.3, -0.25) is 9.36 Å². The molecule has 2 rings (SSSR count). The monoisotopic (exact) mass is 557 g/mol. The molecule has 10 nitrogen and oxygen atoms in total. The Bertz CT molecular complexity index is 1020. The second-order valence-corrected chi connectivity index (χ2v) is 22.5. The molecule has 1 aromatic heterocycles. The van der Waals surface area contributed by atoms with Crippen molar-refractivity contribution in [3.8, 4) is 0 Å². The van der Waals surface area contributed by atoms with E-state index >= 15 is 0 Å². The molecule has 4 atom stereocenters. The lowest BCUT2D eigenvalue weighted by atomic mass is 9.88. The highest BCUT2D eigenvalue weighted by Gasteiger charge is 2.61. The molecule has 212 valence electrons. The molecule has 1 saturated heterocycles. The first-order chi connectivity index (χ1) is 16.7. The molecule has 0 amide bonds. The van der Waals surface area contributed by atoms with Gasteiger partial charge in [-0.05, 0) is 49.3 Å². The van der Waals surface area contributed by atoms with Crippen molar-refractivity contribution in [1.29, 1.82) is 0 Å². The molecule has 1 aromatic rings. The van der Waals surface area contributed by atoms with Crippen molar-refractivity contribution in [2.24, 2.45) is 0 Å². The zero-order valence-corrected chi connectivity index (χ0v) is 26.4. The molecule has 3 N–H and O–H groups in total. The van der Waals surface area contributed by atoms with Gasteiger partial charge in [-0.15, -0.1) is 0 Å². The van der Waals surface area contributed by atoms with E-state index in [1.165, 1.54) is 16.8 Å². The second kappa shape index (κ2) is 10.9. The van der Waals surface area contributed by atoms with E-state index in [1.807, 2.05) is 13.1 Å². The first kappa shape index (κ1) is 31.6. The molecule has 1 fully saturated rings. The van der Waals surface area contributed by atoms with Crippen LogP contribution < -0.4 is 11.4 Å². The Balaban J connectivity index is 2.64. The number of ether oxygens (including phenoxy) is 2. The molecule has 2 heterocycles. The fourth-order valence-corrected chi connectivity index (χ4v) is 5.92. The number of nitrogens with zero attached hydrogens (tertiary/aromatic N) is 2. The van der Waals surface area contributed by atoms with Gasteiger partial charge < -0.3 is 29.2 Å². The van der Waals surface area contributed by atoms with E-state index in [1.54, 1.807) is 6.92 Å². The van der Waals surface area contributed by atoms with E-state index in [-0.39, 0.29) is 35.5 Å². The van der Waals surface area contributed by atoms with Gasteiger partial charge in [-0.2, -0.15) is 4.98 Å². The number of rotatable bonds is 9. The van der Waals surface area contributed by atoms with Gasteiger partial charge in [-0.1, -0.05) is 41.5 Å². The second-order valence-electron chi connectivity index (χ2n) is 12.9. The van der Waals surface area contributed by atoms with Crippen LogP contribution in [-0.2, 0) is 23.1 Å². The Hall–Kier alpha value is -1.58. The van der Waals surface area contributed by atoms with Crippen molar-refractivity contribution in [3.05, 3.63) is 22.7 Å². The maximum atomic E-state index is 12.9. The molecule has 0 saturated carbocycles. The number of anilines is 1. The Kier molecular flexibility index (Phi) is 9.31. The number of aromatic nitrogens is 2. The number of nitrogens with two attached hydrogens (primary N) is 1. The minimum Gasteiger partial charge on any atom is -0.466 e. The molecule has 0 spiro atoms. The van der Waals surface area contributed by atoms with Crippen LogP contribution in [0, 0.1) is 0 Å². The molecule has 12 heteroatoms. The standard InChI is InChI=1S/C25H47N3O7Si2/c1-12-32-19(29)15-25(31)17(16-33-36(8,9)23(2,3)4)34-21(28-14-13-18(26)27-22(28)30)20(25)35-37(10,11)24(5,6)7/h13-14,17,20-21,31H,12,15-16H2,1-11H3,(H2,26,27,30)/t17-,20+,21-,25+/m1/s1. The average molecular weight is 558 g/mol. The SMILES string of the molecule is CCOC(=O)C[C@]1(O)[C@@H](CO[Si](C)(C)C(C)(C)C)O[C@@H](n2ccc(N)nc2=O)[C@@H]1O[Si](C)(C)C(C)(C)C. The lowest BCUT2D eigenvalue weighted by Crippen LogP contribution is -2.57. The number of aliphatic hydroxyl groups is 1. The third-order valence-electron chi connectivity index (χ3n) is 8.10. The highest BCUT2D eigenvalue weighted by atomic mass is 28.4. The summed E-state index contributed by atoms with van der Waals surface area (Å²) < 4.78 is 26.0. The summed E-state index contributed by atoms with van der Waals surface area (Å²) in [6, 6.07) is 1.48. The number of nitrogen functional groups attached to an aromatic ring is 1. The van der Waals surface area contributed by atoms with Crippen molar-refractivity contribution in [1.82, 2.24) is 9.55 Å². The highest BCUT2D eigenvalue weighted by molar-refractivity contribution is 6.74. The van der Waals surface area contributed by atoms with Gasteiger partial charge >= 0.3 is 11.7 Å². The molecule has 37 heavy (non-hydrogen) atoms. The highest BCUT2D eigenvalue weighted by Crippen LogP contribution is 2.47. The van der Waals surface area contributed by atoms with E-state index in [4.69, 9.17) is 24.1 Å². The molecule has 0 aliphatic carbocycles. The zero-order valence-electron chi connectivity index (χ0n) is 24.4. The third-order valence-corrected chi connectivity index (χ3v) is 17.1. The van der Waals surface area contributed by atoms with Gasteiger partial charge in [0.1, 0.15) is 23.6 Å². The number of hydrogen-bond donors (Lipinski definition) is 2. The smallest absolute Gasteiger partial charge is 0.351 e. The first-order valence-corrected chi connectivity index (χ1v) is 18.7. The van der Waals surface area contributed by atoms with Crippen LogP contribution >= 0.6 is 0 Å². The van der Waals surface area contributed by atoms with Gasteiger partial charge in [0.05, 0.1) is 19.6 Å². The van der Waals surface area contributed by atoms with Gasteiger partial charge in [0.25, 0.3) is 0 Å². The summed E-state index contributed by atoms with van der Waals surface area (Å²) in [5.41, 5.74) is 3.26. The summed E-state index contributed by atoms with van der Waals surface area (Å²) in [5, 5.41) is 12.0. The van der Waals surface area contributed by atoms with E-state index in [0.717, 1.165) is 0 Å². The van der Waals surface area contributed by atoms with E-state index in [9.17, 15) is 14.7 Å². The molecule has 1 aliphatic rings. The van der Waals surface area contributed by atoms with Crippen LogP contribution in [0.4, 0.5) is 5.82 Å². The van der Waals surface area contributed by atoms with Gasteiger partial charge in [0.15, 0.2) is 22.9 Å². The number of carbonyl (C=O) groups excluding carboxylic acids is 1. The van der Waals surface area contributed by atoms with Gasteiger partial charge in [0.2, 0.25) is 0 Å². The Morgan fingerprint density at radius 2 is 1.73 bits per heavy atom. The predicted molar refractivity (Wildman–Crippen MR) is 148 cm³/mol. The average Bonchev–Trinajstić information content (AvgIpc) is 2.96. The van der Waals surface area contributed by atoms with Crippen LogP contribution in [0.15, 0.2) is 17.1 Å². The maximum Gasteiger partial charge on any atom is 0.351 e. The Morgan fingerprint density at radius 3 is 2.22 bits per heavy atom. The van der Waals surface area contributed by atoms with Crippen LogP contribution in [0.2, 0.25) is 36.3 Å². The molecule has 0 radical (unpaired) electrons. The minimum atomic E-state index is -2.54. The Labute approximate surface area is 223 Å². The van der Waals surface area contributed by atoms with Crippen LogP contribution in [0.5, 0.6) is 0 Å². The molecular formula is C25H47N3O7Si2. The van der Waals surface area contributed by atoms with Crippen LogP contribution in [0.3, 0.4) is 0 Å². The molecule has 0 bridgehead atoms. The van der Waals surface area contributed by atoms with Crippen molar-refractivity contribution >= 4 is 28.4 Å². The summed E-state index contributed by atoms with van der Waals surface area (Å²) >= 11 is 0. The fraction of sp³-hybridized carbons (Fsp3) is 0.800. The summed E-state index contributed by atoms with van der Waals surface area (Å²) in [7, 11) is -4.78. The van der Waals surface area contributed by atoms with E-state index in [0.29, 0.717) is 0 Å². The predicted octanol–water partition coefficient (Wildman–Crippen LogP) is 3.82.